The molecule has 1 aliphatic heterocycles. The lowest BCUT2D eigenvalue weighted by molar-refractivity contribution is -0.134. The molecule has 0 spiro atoms. The van der Waals surface area contributed by atoms with Crippen LogP contribution in [0.2, 0.25) is 0 Å². The third-order valence-electron chi connectivity index (χ3n) is 5.01. The molecule has 120 valence electrons. The molecule has 1 N–H and O–H groups in total. The van der Waals surface area contributed by atoms with Gasteiger partial charge in [-0.15, -0.1) is 0 Å². The van der Waals surface area contributed by atoms with Gasteiger partial charge in [-0.2, -0.15) is 5.10 Å². The maximum absolute atomic E-state index is 13.5. The van der Waals surface area contributed by atoms with Crippen LogP contribution in [0.15, 0.2) is 24.3 Å². The maximum Gasteiger partial charge on any atom is 0.226 e. The summed E-state index contributed by atoms with van der Waals surface area (Å²) in [5.74, 6) is 0.0461. The van der Waals surface area contributed by atoms with Crippen molar-refractivity contribution in [2.75, 3.05) is 13.1 Å². The van der Waals surface area contributed by atoms with Crippen molar-refractivity contribution >= 4 is 5.91 Å². The summed E-state index contributed by atoms with van der Waals surface area (Å²) in [6, 6.07) is 6.50. The van der Waals surface area contributed by atoms with E-state index in [1.165, 1.54) is 12.1 Å². The molecule has 1 fully saturated rings. The van der Waals surface area contributed by atoms with Crippen molar-refractivity contribution in [2.45, 2.75) is 32.1 Å². The van der Waals surface area contributed by atoms with Gasteiger partial charge < -0.3 is 4.90 Å². The van der Waals surface area contributed by atoms with Crippen molar-refractivity contribution in [3.05, 3.63) is 41.3 Å². The average molecular weight is 313 g/mol. The van der Waals surface area contributed by atoms with Gasteiger partial charge in [0.2, 0.25) is 5.91 Å². The number of hydrogen-bond donors (Lipinski definition) is 1. The predicted octanol–water partition coefficient (Wildman–Crippen LogP) is 2.94. The number of nitrogens with one attached hydrogen (secondary N) is 1. The Bertz CT molecular complexity index is 734. The van der Waals surface area contributed by atoms with Crippen LogP contribution in [0.25, 0.3) is 11.3 Å². The molecule has 5 heteroatoms. The third-order valence-corrected chi connectivity index (χ3v) is 5.01. The number of rotatable bonds is 2. The second-order valence-corrected chi connectivity index (χ2v) is 6.51. The topological polar surface area (TPSA) is 49.0 Å². The lowest BCUT2D eigenvalue weighted by atomic mass is 9.84. The molecular formula is C18H20FN3O. The Morgan fingerprint density at radius 3 is 2.91 bits per heavy atom. The molecule has 4 nitrogen and oxygen atoms in total. The van der Waals surface area contributed by atoms with Crippen LogP contribution in [0.4, 0.5) is 4.39 Å². The fraction of sp³-hybridized carbons (Fsp3) is 0.444. The van der Waals surface area contributed by atoms with Crippen LogP contribution in [-0.2, 0) is 17.6 Å². The Hall–Kier alpha value is -2.17. The van der Waals surface area contributed by atoms with E-state index in [2.05, 4.69) is 10.2 Å². The molecule has 2 aliphatic rings. The molecule has 2 heterocycles. The molecule has 1 aromatic heterocycles. The number of aromatic amines is 1. The summed E-state index contributed by atoms with van der Waals surface area (Å²) in [5.41, 5.74) is 3.74. The van der Waals surface area contributed by atoms with E-state index in [1.54, 1.807) is 6.07 Å². The van der Waals surface area contributed by atoms with Crippen molar-refractivity contribution in [3.8, 4) is 11.3 Å². The lowest BCUT2D eigenvalue weighted by Crippen LogP contribution is -2.36. The molecule has 2 aromatic rings. The first-order valence-electron chi connectivity index (χ1n) is 8.33. The summed E-state index contributed by atoms with van der Waals surface area (Å²) in [5, 5.41) is 7.46. The number of hydrogen-bond acceptors (Lipinski definition) is 2. The normalized spacial score (nSPS) is 20.6. The average Bonchev–Trinajstić information content (AvgIpc) is 3.23. The summed E-state index contributed by atoms with van der Waals surface area (Å²) >= 11 is 0. The van der Waals surface area contributed by atoms with E-state index in [-0.39, 0.29) is 17.6 Å². The van der Waals surface area contributed by atoms with E-state index >= 15 is 0 Å². The summed E-state index contributed by atoms with van der Waals surface area (Å²) in [4.78, 5) is 14.7. The molecule has 0 radical (unpaired) electrons. The third kappa shape index (κ3) is 2.64. The number of nitrogens with zero attached hydrogens (tertiary/aromatic N) is 2. The Balaban J connectivity index is 1.61. The fourth-order valence-electron chi connectivity index (χ4n) is 3.78. The van der Waals surface area contributed by atoms with Crippen molar-refractivity contribution in [2.24, 2.45) is 5.92 Å². The number of likely N-dealkylation sites (tertiary alicyclic amines) is 1. The second kappa shape index (κ2) is 5.80. The van der Waals surface area contributed by atoms with Gasteiger partial charge in [0.05, 0.1) is 5.69 Å². The Morgan fingerprint density at radius 2 is 2.13 bits per heavy atom. The van der Waals surface area contributed by atoms with E-state index in [9.17, 15) is 9.18 Å². The number of carbonyl (C=O) groups is 1. The molecule has 1 aliphatic carbocycles. The number of aromatic nitrogens is 2. The zero-order valence-electron chi connectivity index (χ0n) is 13.0. The highest BCUT2D eigenvalue weighted by Gasteiger charge is 2.32. The van der Waals surface area contributed by atoms with Crippen LogP contribution in [0, 0.1) is 11.7 Å². The lowest BCUT2D eigenvalue weighted by Gasteiger charge is -2.26. The molecule has 23 heavy (non-hydrogen) atoms. The first-order valence-corrected chi connectivity index (χ1v) is 8.33. The monoisotopic (exact) mass is 313 g/mol. The van der Waals surface area contributed by atoms with Crippen LogP contribution in [0.5, 0.6) is 0 Å². The van der Waals surface area contributed by atoms with Gasteiger partial charge in [-0.3, -0.25) is 9.89 Å². The molecule has 1 saturated heterocycles. The first kappa shape index (κ1) is 14.4. The van der Waals surface area contributed by atoms with Gasteiger partial charge in [-0.05, 0) is 44.2 Å². The molecule has 1 unspecified atom stereocenters. The molecular weight excluding hydrogens is 293 g/mol. The molecule has 1 aromatic carbocycles. The standard InChI is InChI=1S/C18H20FN3O/c19-14-5-3-4-12(10-14)17-15-11-13(6-7-16(15)20-21-17)18(23)22-8-1-2-9-22/h3-5,10,13H,1-2,6-9,11H2,(H,20,21). The summed E-state index contributed by atoms with van der Waals surface area (Å²) < 4.78 is 13.5. The van der Waals surface area contributed by atoms with E-state index in [4.69, 9.17) is 0 Å². The number of halogens is 1. The van der Waals surface area contributed by atoms with E-state index in [0.717, 1.165) is 61.3 Å². The maximum atomic E-state index is 13.5. The summed E-state index contributed by atoms with van der Waals surface area (Å²) in [6.07, 6.45) is 4.63. The SMILES string of the molecule is O=C(C1CCc2[nH]nc(-c3cccc(F)c3)c2C1)N1CCCC1. The minimum Gasteiger partial charge on any atom is -0.342 e. The van der Waals surface area contributed by atoms with Gasteiger partial charge in [0.1, 0.15) is 5.82 Å². The van der Waals surface area contributed by atoms with Crippen LogP contribution in [0.1, 0.15) is 30.5 Å². The van der Waals surface area contributed by atoms with Gasteiger partial charge in [0, 0.05) is 35.8 Å². The molecule has 0 bridgehead atoms. The minimum atomic E-state index is -0.264. The van der Waals surface area contributed by atoms with Gasteiger partial charge in [-0.25, -0.2) is 4.39 Å². The van der Waals surface area contributed by atoms with Gasteiger partial charge in [-0.1, -0.05) is 12.1 Å². The number of aryl methyl sites for hydroxylation is 1. The smallest absolute Gasteiger partial charge is 0.226 e. The van der Waals surface area contributed by atoms with Crippen LogP contribution < -0.4 is 0 Å². The van der Waals surface area contributed by atoms with Crippen LogP contribution in [0.3, 0.4) is 0 Å². The van der Waals surface area contributed by atoms with E-state index < -0.39 is 0 Å². The first-order chi connectivity index (χ1) is 11.2. The number of benzene rings is 1. The number of amides is 1. The zero-order valence-corrected chi connectivity index (χ0v) is 13.0. The fourth-order valence-corrected chi connectivity index (χ4v) is 3.78. The quantitative estimate of drug-likeness (QED) is 0.926. The number of carbonyl (C=O) groups excluding carboxylic acids is 1. The van der Waals surface area contributed by atoms with Crippen molar-refractivity contribution in [3.63, 3.8) is 0 Å². The highest BCUT2D eigenvalue weighted by atomic mass is 19.1. The van der Waals surface area contributed by atoms with E-state index in [1.807, 2.05) is 11.0 Å². The summed E-state index contributed by atoms with van der Waals surface area (Å²) in [6.45, 7) is 1.79. The molecule has 0 saturated carbocycles. The zero-order chi connectivity index (χ0) is 15.8. The molecule has 1 atom stereocenters. The van der Waals surface area contributed by atoms with E-state index in [0.29, 0.717) is 6.42 Å². The molecule has 4 rings (SSSR count). The number of fused-ring (bicyclic) bond motifs is 1. The largest absolute Gasteiger partial charge is 0.342 e. The molecule has 1 amide bonds. The number of H-pyrrole nitrogens is 1. The second-order valence-electron chi connectivity index (χ2n) is 6.51. The predicted molar refractivity (Wildman–Crippen MR) is 85.3 cm³/mol. The van der Waals surface area contributed by atoms with Gasteiger partial charge >= 0.3 is 0 Å². The van der Waals surface area contributed by atoms with Crippen molar-refractivity contribution in [1.29, 1.82) is 0 Å². The van der Waals surface area contributed by atoms with Crippen molar-refractivity contribution < 1.29 is 9.18 Å². The minimum absolute atomic E-state index is 0.0329. The van der Waals surface area contributed by atoms with Crippen molar-refractivity contribution in [1.82, 2.24) is 15.1 Å². The Labute approximate surface area is 134 Å². The Morgan fingerprint density at radius 1 is 1.30 bits per heavy atom. The highest BCUT2D eigenvalue weighted by molar-refractivity contribution is 5.80. The van der Waals surface area contributed by atoms with Gasteiger partial charge in [0.25, 0.3) is 0 Å². The summed E-state index contributed by atoms with van der Waals surface area (Å²) in [7, 11) is 0. The van der Waals surface area contributed by atoms with Gasteiger partial charge in [0.15, 0.2) is 0 Å². The Kier molecular flexibility index (Phi) is 3.63. The van der Waals surface area contributed by atoms with Crippen LogP contribution >= 0.6 is 0 Å². The highest BCUT2D eigenvalue weighted by Crippen LogP contribution is 2.33. The van der Waals surface area contributed by atoms with Crippen LogP contribution in [-0.4, -0.2) is 34.1 Å².